The highest BCUT2D eigenvalue weighted by atomic mass is 15.0. The summed E-state index contributed by atoms with van der Waals surface area (Å²) in [4.78, 5) is 0. The van der Waals surface area contributed by atoms with E-state index in [-0.39, 0.29) is 0 Å². The van der Waals surface area contributed by atoms with Crippen molar-refractivity contribution in [3.63, 3.8) is 0 Å². The molecule has 0 saturated heterocycles. The summed E-state index contributed by atoms with van der Waals surface area (Å²) in [5.74, 6) is 0. The zero-order valence-electron chi connectivity index (χ0n) is 11.0. The number of nitrogens with one attached hydrogen (secondary N) is 1. The predicted molar refractivity (Wildman–Crippen MR) is 74.2 cm³/mol. The number of hydrogen-bond donors (Lipinski definition) is 1. The van der Waals surface area contributed by atoms with Crippen molar-refractivity contribution in [1.29, 1.82) is 0 Å². The van der Waals surface area contributed by atoms with Crippen molar-refractivity contribution in [2.75, 3.05) is 0 Å². The monoisotopic (exact) mass is 230 g/mol. The van der Waals surface area contributed by atoms with E-state index in [1.54, 1.807) is 0 Å². The molecule has 0 aliphatic rings. The number of para-hydroxylation sites is 1. The van der Waals surface area contributed by atoms with E-state index in [0.29, 0.717) is 6.04 Å². The summed E-state index contributed by atoms with van der Waals surface area (Å²) in [6.07, 6.45) is 3.47. The van der Waals surface area contributed by atoms with Gasteiger partial charge in [0.15, 0.2) is 0 Å². The van der Waals surface area contributed by atoms with Gasteiger partial charge in [-0.15, -0.1) is 0 Å². The normalized spacial score (nSPS) is 11.5. The van der Waals surface area contributed by atoms with Crippen LogP contribution in [0.1, 0.15) is 32.8 Å². The van der Waals surface area contributed by atoms with E-state index in [1.165, 1.54) is 22.9 Å². The van der Waals surface area contributed by atoms with Gasteiger partial charge in [0, 0.05) is 36.2 Å². The Morgan fingerprint density at radius 2 is 2.00 bits per heavy atom. The molecule has 0 aliphatic carbocycles. The molecule has 1 aromatic carbocycles. The molecule has 0 bridgehead atoms. The van der Waals surface area contributed by atoms with Crippen LogP contribution >= 0.6 is 0 Å². The third kappa shape index (κ3) is 2.70. The van der Waals surface area contributed by atoms with Crippen LogP contribution in [0, 0.1) is 0 Å². The topological polar surface area (TPSA) is 17.0 Å². The molecule has 2 rings (SSSR count). The molecule has 0 unspecified atom stereocenters. The fourth-order valence-corrected chi connectivity index (χ4v) is 2.20. The fourth-order valence-electron chi connectivity index (χ4n) is 2.20. The van der Waals surface area contributed by atoms with Crippen LogP contribution in [0.5, 0.6) is 0 Å². The molecule has 1 aromatic heterocycles. The van der Waals surface area contributed by atoms with Crippen molar-refractivity contribution >= 4 is 10.9 Å². The second kappa shape index (κ2) is 5.37. The smallest absolute Gasteiger partial charge is 0.0483 e. The third-order valence-electron chi connectivity index (χ3n) is 3.04. The van der Waals surface area contributed by atoms with Gasteiger partial charge in [0.05, 0.1) is 0 Å². The maximum absolute atomic E-state index is 3.50. The van der Waals surface area contributed by atoms with Crippen LogP contribution in [0.4, 0.5) is 0 Å². The van der Waals surface area contributed by atoms with Gasteiger partial charge in [-0.1, -0.05) is 39.0 Å². The second-order valence-corrected chi connectivity index (χ2v) is 4.90. The number of nitrogens with zero attached hydrogens (tertiary/aromatic N) is 1. The van der Waals surface area contributed by atoms with Gasteiger partial charge in [-0.05, 0) is 18.1 Å². The first-order chi connectivity index (χ1) is 8.22. The summed E-state index contributed by atoms with van der Waals surface area (Å²) in [5.41, 5.74) is 2.76. The van der Waals surface area contributed by atoms with Gasteiger partial charge < -0.3 is 9.88 Å². The zero-order valence-corrected chi connectivity index (χ0v) is 11.0. The van der Waals surface area contributed by atoms with E-state index in [4.69, 9.17) is 0 Å². The minimum Gasteiger partial charge on any atom is -0.347 e. The van der Waals surface area contributed by atoms with Gasteiger partial charge in [0.1, 0.15) is 0 Å². The van der Waals surface area contributed by atoms with Crippen LogP contribution in [-0.2, 0) is 13.1 Å². The van der Waals surface area contributed by atoms with Crippen LogP contribution < -0.4 is 5.32 Å². The van der Waals surface area contributed by atoms with Crippen molar-refractivity contribution in [3.8, 4) is 0 Å². The Morgan fingerprint density at radius 1 is 1.24 bits per heavy atom. The minimum atomic E-state index is 0.531. The molecule has 1 heterocycles. The molecule has 0 spiro atoms. The standard InChI is InChI=1S/C15H22N2/c1-4-9-17-11-13(10-16-12(2)3)14-7-5-6-8-15(14)17/h5-8,11-12,16H,4,9-10H2,1-3H3. The van der Waals surface area contributed by atoms with E-state index in [1.807, 2.05) is 0 Å². The van der Waals surface area contributed by atoms with Gasteiger partial charge in [-0.25, -0.2) is 0 Å². The molecule has 0 radical (unpaired) electrons. The lowest BCUT2D eigenvalue weighted by Crippen LogP contribution is -2.21. The number of rotatable bonds is 5. The maximum atomic E-state index is 3.50. The zero-order chi connectivity index (χ0) is 12.3. The molecule has 2 nitrogen and oxygen atoms in total. The second-order valence-electron chi connectivity index (χ2n) is 4.90. The van der Waals surface area contributed by atoms with Crippen LogP contribution in [0.15, 0.2) is 30.5 Å². The van der Waals surface area contributed by atoms with Gasteiger partial charge in [0.2, 0.25) is 0 Å². The highest BCUT2D eigenvalue weighted by Gasteiger charge is 2.07. The quantitative estimate of drug-likeness (QED) is 0.831. The summed E-state index contributed by atoms with van der Waals surface area (Å²) in [5, 5.41) is 4.88. The van der Waals surface area contributed by atoms with Gasteiger partial charge in [0.25, 0.3) is 0 Å². The van der Waals surface area contributed by atoms with Crippen LogP contribution in [0.2, 0.25) is 0 Å². The Hall–Kier alpha value is -1.28. The third-order valence-corrected chi connectivity index (χ3v) is 3.04. The van der Waals surface area contributed by atoms with Crippen molar-refractivity contribution < 1.29 is 0 Å². The Morgan fingerprint density at radius 3 is 2.71 bits per heavy atom. The lowest BCUT2D eigenvalue weighted by molar-refractivity contribution is 0.588. The maximum Gasteiger partial charge on any atom is 0.0483 e. The van der Waals surface area contributed by atoms with Crippen LogP contribution in [0.3, 0.4) is 0 Å². The van der Waals surface area contributed by atoms with Crippen molar-refractivity contribution in [1.82, 2.24) is 9.88 Å². The summed E-state index contributed by atoms with van der Waals surface area (Å²) in [6.45, 7) is 8.65. The van der Waals surface area contributed by atoms with E-state index >= 15 is 0 Å². The van der Waals surface area contributed by atoms with E-state index < -0.39 is 0 Å². The highest BCUT2D eigenvalue weighted by molar-refractivity contribution is 5.83. The summed E-state index contributed by atoms with van der Waals surface area (Å²) < 4.78 is 2.37. The number of aromatic nitrogens is 1. The lowest BCUT2D eigenvalue weighted by atomic mass is 10.2. The van der Waals surface area contributed by atoms with Crippen molar-refractivity contribution in [3.05, 3.63) is 36.0 Å². The Bertz CT molecular complexity index is 483. The van der Waals surface area contributed by atoms with Crippen molar-refractivity contribution in [2.45, 2.75) is 46.3 Å². The Balaban J connectivity index is 2.34. The lowest BCUT2D eigenvalue weighted by Gasteiger charge is -2.06. The molecular formula is C15H22N2. The number of aryl methyl sites for hydroxylation is 1. The first-order valence-electron chi connectivity index (χ1n) is 6.52. The first kappa shape index (κ1) is 12.2. The largest absolute Gasteiger partial charge is 0.347 e. The molecule has 17 heavy (non-hydrogen) atoms. The summed E-state index contributed by atoms with van der Waals surface area (Å²) >= 11 is 0. The van der Waals surface area contributed by atoms with Gasteiger partial charge in [-0.2, -0.15) is 0 Å². The van der Waals surface area contributed by atoms with E-state index in [0.717, 1.165) is 13.1 Å². The Kier molecular flexibility index (Phi) is 3.85. The van der Waals surface area contributed by atoms with Gasteiger partial charge >= 0.3 is 0 Å². The Labute approximate surface area is 104 Å². The van der Waals surface area contributed by atoms with Gasteiger partial charge in [-0.3, -0.25) is 0 Å². The molecule has 2 aromatic rings. The molecule has 0 saturated carbocycles. The molecule has 0 amide bonds. The number of fused-ring (bicyclic) bond motifs is 1. The number of benzene rings is 1. The first-order valence-corrected chi connectivity index (χ1v) is 6.52. The fraction of sp³-hybridized carbons (Fsp3) is 0.467. The molecule has 0 aliphatic heterocycles. The molecule has 92 valence electrons. The molecular weight excluding hydrogens is 208 g/mol. The molecule has 1 N–H and O–H groups in total. The average molecular weight is 230 g/mol. The number of hydrogen-bond acceptors (Lipinski definition) is 1. The molecule has 0 atom stereocenters. The minimum absolute atomic E-state index is 0.531. The SMILES string of the molecule is CCCn1cc(CNC(C)C)c2ccccc21. The van der Waals surface area contributed by atoms with E-state index in [9.17, 15) is 0 Å². The summed E-state index contributed by atoms with van der Waals surface area (Å²) in [7, 11) is 0. The average Bonchev–Trinajstić information content (AvgIpc) is 2.66. The molecule has 0 fully saturated rings. The predicted octanol–water partition coefficient (Wildman–Crippen LogP) is 3.55. The van der Waals surface area contributed by atoms with Crippen LogP contribution in [0.25, 0.3) is 10.9 Å². The summed E-state index contributed by atoms with van der Waals surface area (Å²) in [6, 6.07) is 9.21. The van der Waals surface area contributed by atoms with Crippen molar-refractivity contribution in [2.24, 2.45) is 0 Å². The highest BCUT2D eigenvalue weighted by Crippen LogP contribution is 2.21. The molecule has 2 heteroatoms. The van der Waals surface area contributed by atoms with E-state index in [2.05, 4.69) is 61.1 Å². The van der Waals surface area contributed by atoms with Crippen LogP contribution in [-0.4, -0.2) is 10.6 Å².